The number of nitrogens with one attached hydrogen (secondary N) is 1. The standard InChI is InChI=1S/C32H33F3N8O5/c1-19-27(40-12-14-41(15-13-40)29(45)23-4-3-5-24(47-2)26(23)36)30(46)43-31(38-28(39-43)20-10-16-48-17-11-20)42(19)18-25(44)37-22-8-6-21(7-9-22)32(33,34)35/h3-10H,11-18,36H2,1-2H3,(H,37,44). The first-order chi connectivity index (χ1) is 23.0. The number of benzene rings is 2. The molecule has 0 bridgehead atoms. The van der Waals surface area contributed by atoms with Gasteiger partial charge in [-0.15, -0.1) is 5.10 Å². The predicted molar refractivity (Wildman–Crippen MR) is 171 cm³/mol. The second-order valence-electron chi connectivity index (χ2n) is 11.4. The van der Waals surface area contributed by atoms with Gasteiger partial charge in [0.05, 0.1) is 37.1 Å². The van der Waals surface area contributed by atoms with Gasteiger partial charge in [-0.2, -0.15) is 22.7 Å². The Morgan fingerprint density at radius 1 is 1.08 bits per heavy atom. The van der Waals surface area contributed by atoms with Crippen LogP contribution < -0.4 is 26.2 Å². The highest BCUT2D eigenvalue weighted by atomic mass is 19.4. The highest BCUT2D eigenvalue weighted by Gasteiger charge is 2.31. The average Bonchev–Trinajstić information content (AvgIpc) is 3.53. The van der Waals surface area contributed by atoms with Crippen molar-refractivity contribution in [3.63, 3.8) is 0 Å². The van der Waals surface area contributed by atoms with E-state index in [-0.39, 0.29) is 48.4 Å². The number of amides is 2. The number of methoxy groups -OCH3 is 1. The molecule has 4 heterocycles. The lowest BCUT2D eigenvalue weighted by Crippen LogP contribution is -2.50. The molecule has 0 saturated carbocycles. The highest BCUT2D eigenvalue weighted by Crippen LogP contribution is 2.30. The van der Waals surface area contributed by atoms with Crippen LogP contribution in [0.4, 0.5) is 30.2 Å². The number of nitrogens with two attached hydrogens (primary N) is 1. The third-order valence-electron chi connectivity index (χ3n) is 8.42. The van der Waals surface area contributed by atoms with Gasteiger partial charge in [0.15, 0.2) is 5.82 Å². The molecule has 2 amide bonds. The first-order valence-corrected chi connectivity index (χ1v) is 15.2. The molecule has 2 aromatic carbocycles. The zero-order valence-corrected chi connectivity index (χ0v) is 26.2. The van der Waals surface area contributed by atoms with Gasteiger partial charge in [-0.1, -0.05) is 12.1 Å². The van der Waals surface area contributed by atoms with Crippen LogP contribution in [0.25, 0.3) is 11.4 Å². The lowest BCUT2D eigenvalue weighted by atomic mass is 10.1. The summed E-state index contributed by atoms with van der Waals surface area (Å²) in [5, 5.41) is 7.14. The smallest absolute Gasteiger partial charge is 0.416 e. The number of nitrogens with zero attached hydrogens (tertiary/aromatic N) is 6. The maximum absolute atomic E-state index is 14.0. The fourth-order valence-corrected chi connectivity index (χ4v) is 5.87. The number of alkyl halides is 3. The third kappa shape index (κ3) is 6.30. The van der Waals surface area contributed by atoms with Gasteiger partial charge in [0.1, 0.15) is 18.0 Å². The van der Waals surface area contributed by atoms with Crippen LogP contribution in [0.3, 0.4) is 0 Å². The van der Waals surface area contributed by atoms with E-state index in [1.54, 1.807) is 34.6 Å². The summed E-state index contributed by atoms with van der Waals surface area (Å²) >= 11 is 0. The molecule has 3 N–H and O–H groups in total. The normalized spacial score (nSPS) is 15.4. The number of hydrogen-bond donors (Lipinski definition) is 2. The molecule has 2 aromatic heterocycles. The van der Waals surface area contributed by atoms with E-state index in [2.05, 4.69) is 15.4 Å². The van der Waals surface area contributed by atoms with Gasteiger partial charge in [-0.25, -0.2) is 0 Å². The van der Waals surface area contributed by atoms with Crippen LogP contribution in [0, 0.1) is 6.92 Å². The van der Waals surface area contributed by atoms with Crippen molar-refractivity contribution >= 4 is 40.2 Å². The van der Waals surface area contributed by atoms with Crippen LogP contribution in [0.1, 0.15) is 33.9 Å². The fourth-order valence-electron chi connectivity index (χ4n) is 5.87. The topological polar surface area (TPSA) is 149 Å². The number of anilines is 3. The molecule has 6 rings (SSSR count). The zero-order valence-electron chi connectivity index (χ0n) is 26.2. The molecule has 1 fully saturated rings. The van der Waals surface area contributed by atoms with Crippen LogP contribution in [-0.4, -0.2) is 82.4 Å². The van der Waals surface area contributed by atoms with Crippen molar-refractivity contribution in [2.45, 2.75) is 26.1 Å². The van der Waals surface area contributed by atoms with E-state index in [0.717, 1.165) is 22.2 Å². The monoisotopic (exact) mass is 666 g/mol. The summed E-state index contributed by atoms with van der Waals surface area (Å²) < 4.78 is 52.5. The van der Waals surface area contributed by atoms with Gasteiger partial charge >= 0.3 is 6.18 Å². The maximum Gasteiger partial charge on any atom is 0.416 e. The minimum absolute atomic E-state index is 0.133. The van der Waals surface area contributed by atoms with Crippen LogP contribution in [0.15, 0.2) is 53.3 Å². The Labute approximate surface area is 272 Å². The lowest BCUT2D eigenvalue weighted by molar-refractivity contribution is -0.137. The van der Waals surface area contributed by atoms with Crippen LogP contribution in [0.5, 0.6) is 5.75 Å². The Hall–Kier alpha value is -5.38. The number of nitrogen functional groups attached to an aromatic ring is 1. The number of rotatable bonds is 7. The number of aromatic nitrogens is 4. The summed E-state index contributed by atoms with van der Waals surface area (Å²) in [7, 11) is 1.47. The quantitative estimate of drug-likeness (QED) is 0.284. The number of carbonyl (C=O) groups excluding carboxylic acids is 2. The summed E-state index contributed by atoms with van der Waals surface area (Å²) in [5.41, 5.74) is 7.15. The molecule has 0 unspecified atom stereocenters. The van der Waals surface area contributed by atoms with Crippen LogP contribution >= 0.6 is 0 Å². The summed E-state index contributed by atoms with van der Waals surface area (Å²) in [4.78, 5) is 48.7. The van der Waals surface area contributed by atoms with E-state index in [4.69, 9.17) is 15.2 Å². The SMILES string of the molecule is COc1cccc(C(=O)N2CCN(c3c(C)n(CC(=O)Nc4ccc(C(F)(F)F)cc4)c4nc(C5=CCOCC5)nn4c3=O)CC2)c1N. The number of hydrogen-bond acceptors (Lipinski definition) is 9. The molecule has 13 nitrogen and oxygen atoms in total. The molecule has 0 radical (unpaired) electrons. The molecule has 0 atom stereocenters. The van der Waals surface area contributed by atoms with E-state index >= 15 is 0 Å². The average molecular weight is 667 g/mol. The van der Waals surface area contributed by atoms with E-state index in [0.29, 0.717) is 55.6 Å². The maximum atomic E-state index is 14.0. The second-order valence-corrected chi connectivity index (χ2v) is 11.4. The van der Waals surface area contributed by atoms with Crippen molar-refractivity contribution in [3.05, 3.63) is 81.5 Å². The number of para-hydroxylation sites is 1. The van der Waals surface area contributed by atoms with Crippen molar-refractivity contribution in [1.29, 1.82) is 0 Å². The summed E-state index contributed by atoms with van der Waals surface area (Å²) in [5.74, 6) is 0.0513. The molecule has 0 aliphatic carbocycles. The highest BCUT2D eigenvalue weighted by molar-refractivity contribution is 6.00. The molecule has 2 aliphatic heterocycles. The Bertz CT molecular complexity index is 1960. The van der Waals surface area contributed by atoms with Crippen molar-refractivity contribution in [2.75, 3.05) is 62.5 Å². The van der Waals surface area contributed by atoms with Crippen LogP contribution in [-0.2, 0) is 22.3 Å². The number of fused-ring (bicyclic) bond motifs is 1. The van der Waals surface area contributed by atoms with Crippen LogP contribution in [0.2, 0.25) is 0 Å². The minimum Gasteiger partial charge on any atom is -0.495 e. The molecule has 16 heteroatoms. The minimum atomic E-state index is -4.51. The molecular weight excluding hydrogens is 633 g/mol. The van der Waals surface area contributed by atoms with Gasteiger partial charge in [-0.05, 0) is 55.3 Å². The Morgan fingerprint density at radius 3 is 2.46 bits per heavy atom. The van der Waals surface area contributed by atoms with Gasteiger partial charge in [-0.3, -0.25) is 14.4 Å². The largest absolute Gasteiger partial charge is 0.495 e. The van der Waals surface area contributed by atoms with E-state index in [9.17, 15) is 27.6 Å². The number of ether oxygens (including phenoxy) is 2. The number of piperazine rings is 1. The molecule has 0 spiro atoms. The molecule has 4 aromatic rings. The zero-order chi connectivity index (χ0) is 34.2. The predicted octanol–water partition coefficient (Wildman–Crippen LogP) is 3.21. The van der Waals surface area contributed by atoms with Gasteiger partial charge < -0.3 is 34.9 Å². The second kappa shape index (κ2) is 13.0. The van der Waals surface area contributed by atoms with Gasteiger partial charge in [0.25, 0.3) is 11.5 Å². The fraction of sp³-hybridized carbons (Fsp3) is 0.344. The van der Waals surface area contributed by atoms with Crippen molar-refractivity contribution in [2.24, 2.45) is 0 Å². The number of carbonyl (C=O) groups is 2. The van der Waals surface area contributed by atoms with E-state index < -0.39 is 23.2 Å². The van der Waals surface area contributed by atoms with E-state index in [1.165, 1.54) is 19.2 Å². The van der Waals surface area contributed by atoms with Gasteiger partial charge in [0, 0.05) is 37.6 Å². The molecular formula is C32H33F3N8O5. The first-order valence-electron chi connectivity index (χ1n) is 15.2. The van der Waals surface area contributed by atoms with Crippen molar-refractivity contribution in [1.82, 2.24) is 24.1 Å². The third-order valence-corrected chi connectivity index (χ3v) is 8.42. The van der Waals surface area contributed by atoms with Crippen molar-refractivity contribution < 1.29 is 32.2 Å². The summed E-state index contributed by atoms with van der Waals surface area (Å²) in [6.07, 6.45) is -2.13. The molecule has 2 aliphatic rings. The van der Waals surface area contributed by atoms with E-state index in [1.807, 2.05) is 11.0 Å². The summed E-state index contributed by atoms with van der Waals surface area (Å²) in [6, 6.07) is 9.11. The Kier molecular flexibility index (Phi) is 8.83. The number of halogens is 3. The Balaban J connectivity index is 1.30. The lowest BCUT2D eigenvalue weighted by Gasteiger charge is -2.36. The first kappa shape index (κ1) is 32.6. The molecule has 252 valence electrons. The Morgan fingerprint density at radius 2 is 1.81 bits per heavy atom. The molecule has 48 heavy (non-hydrogen) atoms. The van der Waals surface area contributed by atoms with Gasteiger partial charge in [0.2, 0.25) is 11.7 Å². The van der Waals surface area contributed by atoms with Crippen molar-refractivity contribution in [3.8, 4) is 5.75 Å². The summed E-state index contributed by atoms with van der Waals surface area (Å²) in [6.45, 7) is 3.41. The molecule has 1 saturated heterocycles.